The first-order valence-corrected chi connectivity index (χ1v) is 6.38. The summed E-state index contributed by atoms with van der Waals surface area (Å²) < 4.78 is 10.7. The fraction of sp³-hybridized carbons (Fsp3) is 0.250. The molecule has 98 valence electrons. The van der Waals surface area contributed by atoms with Crippen LogP contribution in [0.1, 0.15) is 16.7 Å². The lowest BCUT2D eigenvalue weighted by Gasteiger charge is -2.10. The van der Waals surface area contributed by atoms with Crippen molar-refractivity contribution < 1.29 is 9.47 Å². The Morgan fingerprint density at radius 2 is 1.79 bits per heavy atom. The summed E-state index contributed by atoms with van der Waals surface area (Å²) in [6.45, 7) is 1.92. The number of nitrogens with two attached hydrogens (primary N) is 1. The second-order valence-electron chi connectivity index (χ2n) is 4.71. The minimum Gasteiger partial charge on any atom is -0.496 e. The molecule has 19 heavy (non-hydrogen) atoms. The summed E-state index contributed by atoms with van der Waals surface area (Å²) in [6.07, 6.45) is 0. The lowest BCUT2D eigenvalue weighted by Crippen LogP contribution is -2.00. The van der Waals surface area contributed by atoms with Crippen molar-refractivity contribution in [3.05, 3.63) is 53.1 Å². The van der Waals surface area contributed by atoms with Gasteiger partial charge in [-0.25, -0.2) is 0 Å². The molecule has 2 aromatic carbocycles. The molecule has 3 nitrogen and oxygen atoms in total. The Morgan fingerprint density at radius 1 is 1.05 bits per heavy atom. The van der Waals surface area contributed by atoms with Gasteiger partial charge in [0.15, 0.2) is 0 Å². The Balaban J connectivity index is 2.02. The zero-order chi connectivity index (χ0) is 13.2. The first-order chi connectivity index (χ1) is 9.31. The van der Waals surface area contributed by atoms with Gasteiger partial charge in [-0.3, -0.25) is 0 Å². The molecule has 0 aliphatic carbocycles. The van der Waals surface area contributed by atoms with Crippen molar-refractivity contribution in [1.29, 1.82) is 0 Å². The van der Waals surface area contributed by atoms with Crippen LogP contribution < -0.4 is 10.5 Å². The maximum atomic E-state index is 5.76. The normalized spacial score (nSPS) is 13.4. The maximum absolute atomic E-state index is 5.76. The molecular formula is C16H17NO2. The van der Waals surface area contributed by atoms with Crippen LogP contribution in [0.2, 0.25) is 0 Å². The van der Waals surface area contributed by atoms with Crippen LogP contribution in [0.5, 0.6) is 5.75 Å². The van der Waals surface area contributed by atoms with Crippen molar-refractivity contribution in [3.8, 4) is 16.9 Å². The van der Waals surface area contributed by atoms with E-state index in [1.165, 1.54) is 16.7 Å². The maximum Gasteiger partial charge on any atom is 0.123 e. The summed E-state index contributed by atoms with van der Waals surface area (Å²) in [5, 5.41) is 0. The third kappa shape index (κ3) is 2.23. The van der Waals surface area contributed by atoms with E-state index in [9.17, 15) is 0 Å². The van der Waals surface area contributed by atoms with E-state index in [1.807, 2.05) is 6.07 Å². The predicted molar refractivity (Wildman–Crippen MR) is 74.8 cm³/mol. The highest BCUT2D eigenvalue weighted by Crippen LogP contribution is 2.30. The smallest absolute Gasteiger partial charge is 0.123 e. The Hall–Kier alpha value is -1.84. The van der Waals surface area contributed by atoms with E-state index >= 15 is 0 Å². The van der Waals surface area contributed by atoms with Gasteiger partial charge < -0.3 is 15.2 Å². The van der Waals surface area contributed by atoms with E-state index in [0.717, 1.165) is 23.5 Å². The van der Waals surface area contributed by atoms with Gasteiger partial charge in [-0.1, -0.05) is 18.2 Å². The molecule has 0 spiro atoms. The second-order valence-corrected chi connectivity index (χ2v) is 4.71. The van der Waals surface area contributed by atoms with Crippen LogP contribution >= 0.6 is 0 Å². The average molecular weight is 255 g/mol. The SMILES string of the molecule is COc1ccc(-c2ccc3c(c2)COC3)cc1CN. The van der Waals surface area contributed by atoms with E-state index in [4.69, 9.17) is 15.2 Å². The molecular weight excluding hydrogens is 238 g/mol. The third-order valence-electron chi connectivity index (χ3n) is 3.56. The molecule has 0 saturated carbocycles. The minimum atomic E-state index is 0.477. The molecule has 0 unspecified atom stereocenters. The van der Waals surface area contributed by atoms with E-state index < -0.39 is 0 Å². The number of hydrogen-bond acceptors (Lipinski definition) is 3. The minimum absolute atomic E-state index is 0.477. The Morgan fingerprint density at radius 3 is 2.58 bits per heavy atom. The van der Waals surface area contributed by atoms with Crippen LogP contribution in [0, 0.1) is 0 Å². The highest BCUT2D eigenvalue weighted by molar-refractivity contribution is 5.67. The molecule has 0 atom stereocenters. The molecule has 2 aromatic rings. The summed E-state index contributed by atoms with van der Waals surface area (Å²) in [7, 11) is 1.67. The van der Waals surface area contributed by atoms with E-state index in [-0.39, 0.29) is 0 Å². The number of hydrogen-bond donors (Lipinski definition) is 1. The van der Waals surface area contributed by atoms with Crippen molar-refractivity contribution in [2.45, 2.75) is 19.8 Å². The monoisotopic (exact) mass is 255 g/mol. The summed E-state index contributed by atoms with van der Waals surface area (Å²) in [5.74, 6) is 0.843. The Kier molecular flexibility index (Phi) is 3.23. The lowest BCUT2D eigenvalue weighted by atomic mass is 9.99. The average Bonchev–Trinajstić information content (AvgIpc) is 2.93. The lowest BCUT2D eigenvalue weighted by molar-refractivity contribution is 0.134. The molecule has 0 bridgehead atoms. The van der Waals surface area contributed by atoms with Crippen LogP contribution in [0.4, 0.5) is 0 Å². The number of rotatable bonds is 3. The van der Waals surface area contributed by atoms with Crippen molar-refractivity contribution in [3.63, 3.8) is 0 Å². The molecule has 0 saturated heterocycles. The van der Waals surface area contributed by atoms with Gasteiger partial charge in [-0.15, -0.1) is 0 Å². The molecule has 1 heterocycles. The highest BCUT2D eigenvalue weighted by Gasteiger charge is 2.12. The fourth-order valence-electron chi connectivity index (χ4n) is 2.47. The van der Waals surface area contributed by atoms with Gasteiger partial charge in [0.25, 0.3) is 0 Å². The molecule has 3 heteroatoms. The summed E-state index contributed by atoms with van der Waals surface area (Å²) in [5.41, 5.74) is 11.7. The summed E-state index contributed by atoms with van der Waals surface area (Å²) >= 11 is 0. The van der Waals surface area contributed by atoms with Crippen molar-refractivity contribution >= 4 is 0 Å². The van der Waals surface area contributed by atoms with Crippen LogP contribution in [0.15, 0.2) is 36.4 Å². The van der Waals surface area contributed by atoms with Crippen LogP contribution in [0.3, 0.4) is 0 Å². The molecule has 3 rings (SSSR count). The van der Waals surface area contributed by atoms with E-state index in [0.29, 0.717) is 13.2 Å². The first kappa shape index (κ1) is 12.2. The van der Waals surface area contributed by atoms with Gasteiger partial charge in [0.1, 0.15) is 5.75 Å². The van der Waals surface area contributed by atoms with Crippen LogP contribution in [-0.4, -0.2) is 7.11 Å². The molecule has 1 aliphatic heterocycles. The molecule has 0 aromatic heterocycles. The molecule has 1 aliphatic rings. The van der Waals surface area contributed by atoms with Gasteiger partial charge in [-0.2, -0.15) is 0 Å². The topological polar surface area (TPSA) is 44.5 Å². The quantitative estimate of drug-likeness (QED) is 0.917. The van der Waals surface area contributed by atoms with Crippen molar-refractivity contribution in [1.82, 2.24) is 0 Å². The number of fused-ring (bicyclic) bond motifs is 1. The molecule has 0 fully saturated rings. The first-order valence-electron chi connectivity index (χ1n) is 6.38. The molecule has 0 amide bonds. The standard InChI is InChI=1S/C16H17NO2/c1-18-16-5-4-12(6-14(16)8-17)11-2-3-13-9-19-10-15(13)7-11/h2-7H,8-10,17H2,1H3. The largest absolute Gasteiger partial charge is 0.496 e. The van der Waals surface area contributed by atoms with E-state index in [2.05, 4.69) is 30.3 Å². The van der Waals surface area contributed by atoms with Crippen LogP contribution in [-0.2, 0) is 24.5 Å². The highest BCUT2D eigenvalue weighted by atomic mass is 16.5. The van der Waals surface area contributed by atoms with Crippen molar-refractivity contribution in [2.75, 3.05) is 7.11 Å². The van der Waals surface area contributed by atoms with Gasteiger partial charge >= 0.3 is 0 Å². The Bertz CT molecular complexity index is 608. The molecule has 0 radical (unpaired) electrons. The third-order valence-corrected chi connectivity index (χ3v) is 3.56. The number of ether oxygens (including phenoxy) is 2. The number of benzene rings is 2. The number of methoxy groups -OCH3 is 1. The van der Waals surface area contributed by atoms with Crippen molar-refractivity contribution in [2.24, 2.45) is 5.73 Å². The fourth-order valence-corrected chi connectivity index (χ4v) is 2.47. The van der Waals surface area contributed by atoms with Gasteiger partial charge in [0.2, 0.25) is 0 Å². The summed E-state index contributed by atoms with van der Waals surface area (Å²) in [4.78, 5) is 0. The second kappa shape index (κ2) is 5.03. The zero-order valence-electron chi connectivity index (χ0n) is 11.0. The predicted octanol–water partition coefficient (Wildman–Crippen LogP) is 2.85. The van der Waals surface area contributed by atoms with E-state index in [1.54, 1.807) is 7.11 Å². The summed E-state index contributed by atoms with van der Waals surface area (Å²) in [6, 6.07) is 12.6. The van der Waals surface area contributed by atoms with Gasteiger partial charge in [-0.05, 0) is 40.5 Å². The van der Waals surface area contributed by atoms with Gasteiger partial charge in [0, 0.05) is 12.1 Å². The zero-order valence-corrected chi connectivity index (χ0v) is 11.0. The Labute approximate surface area is 113 Å². The van der Waals surface area contributed by atoms with Crippen LogP contribution in [0.25, 0.3) is 11.1 Å². The van der Waals surface area contributed by atoms with Gasteiger partial charge in [0.05, 0.1) is 20.3 Å². The molecule has 2 N–H and O–H groups in total.